The van der Waals surface area contributed by atoms with Gasteiger partial charge in [0.1, 0.15) is 5.69 Å². The summed E-state index contributed by atoms with van der Waals surface area (Å²) in [5, 5.41) is 6.65. The van der Waals surface area contributed by atoms with E-state index in [1.54, 1.807) is 23.4 Å². The molecule has 1 aliphatic heterocycles. The molecule has 3 heterocycles. The Bertz CT molecular complexity index is 1020. The molecule has 1 fully saturated rings. The molecule has 0 spiro atoms. The number of hydrogen-bond donors (Lipinski definition) is 1. The predicted molar refractivity (Wildman–Crippen MR) is 118 cm³/mol. The van der Waals surface area contributed by atoms with Crippen LogP contribution >= 0.6 is 0 Å². The van der Waals surface area contributed by atoms with Crippen molar-refractivity contribution in [2.45, 2.75) is 19.8 Å². The number of carbonyl (C=O) groups is 2. The van der Waals surface area contributed by atoms with Gasteiger partial charge in [0.25, 0.3) is 5.91 Å². The highest BCUT2D eigenvalue weighted by Gasteiger charge is 2.33. The van der Waals surface area contributed by atoms with Crippen LogP contribution in [0.15, 0.2) is 61.1 Å². The number of hydrogen-bond acceptors (Lipinski definition) is 4. The van der Waals surface area contributed by atoms with Gasteiger partial charge in [-0.3, -0.25) is 19.7 Å². The highest BCUT2D eigenvalue weighted by molar-refractivity contribution is 5.93. The molecule has 1 saturated heterocycles. The minimum Gasteiger partial charge on any atom is -0.341 e. The van der Waals surface area contributed by atoms with Gasteiger partial charge < -0.3 is 9.80 Å². The minimum absolute atomic E-state index is 0.114. The lowest BCUT2D eigenvalue weighted by atomic mass is 9.91. The van der Waals surface area contributed by atoms with Gasteiger partial charge in [-0.15, -0.1) is 0 Å². The first-order valence-corrected chi connectivity index (χ1v) is 10.7. The summed E-state index contributed by atoms with van der Waals surface area (Å²) in [6, 6.07) is 13.7. The van der Waals surface area contributed by atoms with Gasteiger partial charge in [0.05, 0.1) is 5.92 Å². The van der Waals surface area contributed by atoms with Crippen LogP contribution in [0.4, 0.5) is 0 Å². The van der Waals surface area contributed by atoms with E-state index in [1.807, 2.05) is 35.4 Å². The maximum Gasteiger partial charge on any atom is 0.271 e. The average Bonchev–Trinajstić information content (AvgIpc) is 3.30. The number of aromatic nitrogens is 3. The Labute approximate surface area is 182 Å². The van der Waals surface area contributed by atoms with Crippen LogP contribution in [0.25, 0.3) is 11.1 Å². The van der Waals surface area contributed by atoms with Crippen LogP contribution in [0.2, 0.25) is 0 Å². The quantitative estimate of drug-likeness (QED) is 0.668. The molecule has 2 aromatic heterocycles. The molecule has 4 rings (SSSR count). The lowest BCUT2D eigenvalue weighted by Crippen LogP contribution is -2.38. The number of amides is 2. The van der Waals surface area contributed by atoms with Gasteiger partial charge in [-0.1, -0.05) is 37.3 Å². The van der Waals surface area contributed by atoms with Gasteiger partial charge in [-0.25, -0.2) is 0 Å². The number of rotatable bonds is 6. The Balaban J connectivity index is 1.63. The normalized spacial score (nSPS) is 16.9. The van der Waals surface area contributed by atoms with Crippen molar-refractivity contribution in [3.05, 3.63) is 72.3 Å². The summed E-state index contributed by atoms with van der Waals surface area (Å²) in [5.74, 6) is -0.310. The standard InChI is InChI=1S/C24H27N5O2/c1-2-12-28-13-14-29(24(31)22-9-11-26-27-22)17-20(23(28)30)15-18-6-3-4-8-21(18)19-7-5-10-25-16-19/h3-11,16,20H,2,12-15,17H2,1H3,(H,26,27)/t20-/m0/s1. The summed E-state index contributed by atoms with van der Waals surface area (Å²) in [7, 11) is 0. The maximum absolute atomic E-state index is 13.4. The molecule has 7 heteroatoms. The maximum atomic E-state index is 13.4. The van der Waals surface area contributed by atoms with Crippen molar-refractivity contribution in [2.75, 3.05) is 26.2 Å². The third-order valence-electron chi connectivity index (χ3n) is 5.71. The van der Waals surface area contributed by atoms with Crippen molar-refractivity contribution < 1.29 is 9.59 Å². The average molecular weight is 418 g/mol. The molecule has 1 N–H and O–H groups in total. The Hall–Kier alpha value is -3.48. The Morgan fingerprint density at radius 1 is 1.13 bits per heavy atom. The summed E-state index contributed by atoms with van der Waals surface area (Å²) in [5.41, 5.74) is 3.63. The van der Waals surface area contributed by atoms with E-state index in [2.05, 4.69) is 34.2 Å². The fourth-order valence-electron chi connectivity index (χ4n) is 4.19. The number of aromatic amines is 1. The summed E-state index contributed by atoms with van der Waals surface area (Å²) in [6.07, 6.45) is 6.62. The fourth-order valence-corrected chi connectivity index (χ4v) is 4.19. The molecule has 2 amide bonds. The van der Waals surface area contributed by atoms with Gasteiger partial charge in [0, 0.05) is 50.3 Å². The van der Waals surface area contributed by atoms with Crippen LogP contribution in [0, 0.1) is 5.92 Å². The molecule has 0 bridgehead atoms. The third kappa shape index (κ3) is 4.66. The largest absolute Gasteiger partial charge is 0.341 e. The zero-order valence-electron chi connectivity index (χ0n) is 17.7. The highest BCUT2D eigenvalue weighted by atomic mass is 16.2. The summed E-state index contributed by atoms with van der Waals surface area (Å²) in [6.45, 7) is 4.22. The van der Waals surface area contributed by atoms with E-state index in [1.165, 1.54) is 0 Å². The Morgan fingerprint density at radius 3 is 2.74 bits per heavy atom. The first-order valence-electron chi connectivity index (χ1n) is 10.7. The number of pyridine rings is 1. The first-order chi connectivity index (χ1) is 15.2. The van der Waals surface area contributed by atoms with Gasteiger partial charge in [0.15, 0.2) is 0 Å². The van der Waals surface area contributed by atoms with E-state index < -0.39 is 0 Å². The molecule has 0 unspecified atom stereocenters. The second-order valence-electron chi connectivity index (χ2n) is 7.85. The Kier molecular flexibility index (Phi) is 6.40. The molecular weight excluding hydrogens is 390 g/mol. The van der Waals surface area contributed by atoms with Gasteiger partial charge in [0.2, 0.25) is 5.91 Å². The predicted octanol–water partition coefficient (Wildman–Crippen LogP) is 3.03. The van der Waals surface area contributed by atoms with Crippen LogP contribution in [0.5, 0.6) is 0 Å². The number of carbonyl (C=O) groups excluding carboxylic acids is 2. The van der Waals surface area contributed by atoms with Crippen molar-refractivity contribution in [3.8, 4) is 11.1 Å². The lowest BCUT2D eigenvalue weighted by Gasteiger charge is -2.24. The van der Waals surface area contributed by atoms with Crippen molar-refractivity contribution >= 4 is 11.8 Å². The fraction of sp³-hybridized carbons (Fsp3) is 0.333. The molecule has 0 saturated carbocycles. The van der Waals surface area contributed by atoms with Crippen molar-refractivity contribution in [2.24, 2.45) is 5.92 Å². The van der Waals surface area contributed by atoms with Gasteiger partial charge in [-0.2, -0.15) is 5.10 Å². The van der Waals surface area contributed by atoms with Crippen molar-refractivity contribution in [1.29, 1.82) is 0 Å². The molecule has 1 aromatic carbocycles. The van der Waals surface area contributed by atoms with Crippen LogP contribution in [-0.4, -0.2) is 63.0 Å². The molecule has 3 aromatic rings. The molecular formula is C24H27N5O2. The molecule has 0 radical (unpaired) electrons. The number of nitrogens with zero attached hydrogens (tertiary/aromatic N) is 4. The highest BCUT2D eigenvalue weighted by Crippen LogP contribution is 2.27. The van der Waals surface area contributed by atoms with Crippen molar-refractivity contribution in [3.63, 3.8) is 0 Å². The van der Waals surface area contributed by atoms with Crippen LogP contribution in [0.1, 0.15) is 29.4 Å². The smallest absolute Gasteiger partial charge is 0.271 e. The monoisotopic (exact) mass is 417 g/mol. The second kappa shape index (κ2) is 9.55. The van der Waals surface area contributed by atoms with Gasteiger partial charge in [-0.05, 0) is 36.1 Å². The van der Waals surface area contributed by atoms with E-state index in [0.29, 0.717) is 38.3 Å². The van der Waals surface area contributed by atoms with E-state index in [4.69, 9.17) is 0 Å². The van der Waals surface area contributed by atoms with Crippen molar-refractivity contribution in [1.82, 2.24) is 25.0 Å². The molecule has 31 heavy (non-hydrogen) atoms. The van der Waals surface area contributed by atoms with E-state index in [0.717, 1.165) is 23.1 Å². The van der Waals surface area contributed by atoms with E-state index >= 15 is 0 Å². The van der Waals surface area contributed by atoms with Crippen LogP contribution in [0.3, 0.4) is 0 Å². The molecule has 160 valence electrons. The zero-order chi connectivity index (χ0) is 21.6. The third-order valence-corrected chi connectivity index (χ3v) is 5.71. The van der Waals surface area contributed by atoms with E-state index in [9.17, 15) is 9.59 Å². The molecule has 0 aliphatic carbocycles. The number of H-pyrrole nitrogens is 1. The summed E-state index contributed by atoms with van der Waals surface area (Å²) < 4.78 is 0. The molecule has 1 atom stereocenters. The molecule has 7 nitrogen and oxygen atoms in total. The minimum atomic E-state index is -0.307. The van der Waals surface area contributed by atoms with Gasteiger partial charge >= 0.3 is 0 Å². The second-order valence-corrected chi connectivity index (χ2v) is 7.85. The van der Waals surface area contributed by atoms with Crippen LogP contribution < -0.4 is 0 Å². The summed E-state index contributed by atoms with van der Waals surface area (Å²) in [4.78, 5) is 34.3. The zero-order valence-corrected chi connectivity index (χ0v) is 17.7. The summed E-state index contributed by atoms with van der Waals surface area (Å²) >= 11 is 0. The first kappa shape index (κ1) is 20.8. The van der Waals surface area contributed by atoms with Crippen LogP contribution in [-0.2, 0) is 11.2 Å². The molecule has 1 aliphatic rings. The Morgan fingerprint density at radius 2 is 2.00 bits per heavy atom. The number of nitrogens with one attached hydrogen (secondary N) is 1. The lowest BCUT2D eigenvalue weighted by molar-refractivity contribution is -0.134. The van der Waals surface area contributed by atoms with E-state index in [-0.39, 0.29) is 17.7 Å². The number of benzene rings is 1. The topological polar surface area (TPSA) is 82.2 Å². The SMILES string of the molecule is CCCN1CCN(C(=O)c2ccn[nH]2)C[C@H](Cc2ccccc2-c2cccnc2)C1=O.